The molecule has 0 spiro atoms. The second kappa shape index (κ2) is 5.16. The van der Waals surface area contributed by atoms with Gasteiger partial charge in [-0.05, 0) is 12.5 Å². The van der Waals surface area contributed by atoms with E-state index in [1.54, 1.807) is 17.1 Å². The molecular formula is C11H15F2N5. The first-order valence-electron chi connectivity index (χ1n) is 5.58. The molecule has 0 atom stereocenters. The van der Waals surface area contributed by atoms with E-state index in [2.05, 4.69) is 15.5 Å². The fourth-order valence-corrected chi connectivity index (χ4v) is 1.71. The van der Waals surface area contributed by atoms with Gasteiger partial charge in [0, 0.05) is 13.2 Å². The van der Waals surface area contributed by atoms with E-state index in [4.69, 9.17) is 0 Å². The Kier molecular flexibility index (Phi) is 3.59. The lowest BCUT2D eigenvalue weighted by molar-refractivity contribution is 0.122. The van der Waals surface area contributed by atoms with Gasteiger partial charge >= 0.3 is 0 Å². The quantitative estimate of drug-likeness (QED) is 0.886. The predicted octanol–water partition coefficient (Wildman–Crippen LogP) is 1.80. The average molecular weight is 255 g/mol. The molecule has 0 radical (unpaired) electrons. The van der Waals surface area contributed by atoms with Crippen LogP contribution in [-0.2, 0) is 20.1 Å². The molecule has 0 aromatic carbocycles. The lowest BCUT2D eigenvalue weighted by atomic mass is 10.3. The molecule has 0 saturated carbocycles. The Hall–Kier alpha value is -1.92. The van der Waals surface area contributed by atoms with E-state index < -0.39 is 6.43 Å². The van der Waals surface area contributed by atoms with Crippen LogP contribution < -0.4 is 5.32 Å². The van der Waals surface area contributed by atoms with E-state index in [9.17, 15) is 8.78 Å². The summed E-state index contributed by atoms with van der Waals surface area (Å²) in [4.78, 5) is 0. The van der Waals surface area contributed by atoms with Crippen LogP contribution in [0.5, 0.6) is 0 Å². The number of halogens is 2. The van der Waals surface area contributed by atoms with Gasteiger partial charge in [0.2, 0.25) is 0 Å². The molecule has 0 bridgehead atoms. The SMILES string of the molecule is Cc1cnn(C)c1CNc1cnn(CC(F)F)c1. The minimum Gasteiger partial charge on any atom is -0.377 e. The highest BCUT2D eigenvalue weighted by atomic mass is 19.3. The highest BCUT2D eigenvalue weighted by Crippen LogP contribution is 2.11. The summed E-state index contributed by atoms with van der Waals surface area (Å²) in [7, 11) is 1.87. The van der Waals surface area contributed by atoms with Crippen molar-refractivity contribution in [2.75, 3.05) is 5.32 Å². The molecule has 2 aromatic heterocycles. The zero-order valence-corrected chi connectivity index (χ0v) is 10.3. The van der Waals surface area contributed by atoms with Crippen molar-refractivity contribution in [1.82, 2.24) is 19.6 Å². The zero-order chi connectivity index (χ0) is 13.1. The molecule has 0 saturated heterocycles. The Morgan fingerprint density at radius 1 is 1.33 bits per heavy atom. The van der Waals surface area contributed by atoms with Gasteiger partial charge in [0.15, 0.2) is 0 Å². The molecule has 18 heavy (non-hydrogen) atoms. The van der Waals surface area contributed by atoms with Crippen LogP contribution in [0.2, 0.25) is 0 Å². The standard InChI is InChI=1S/C11H15F2N5/c1-8-3-15-17(2)10(8)5-14-9-4-16-18(6-9)7-11(12)13/h3-4,6,11,14H,5,7H2,1-2H3. The maximum absolute atomic E-state index is 12.2. The molecule has 2 aromatic rings. The molecule has 0 aliphatic carbocycles. The third kappa shape index (κ3) is 2.85. The highest BCUT2D eigenvalue weighted by molar-refractivity contribution is 5.39. The lowest BCUT2D eigenvalue weighted by Gasteiger charge is -2.05. The van der Waals surface area contributed by atoms with Crippen LogP contribution in [-0.4, -0.2) is 26.0 Å². The Morgan fingerprint density at radius 3 is 2.72 bits per heavy atom. The molecule has 98 valence electrons. The lowest BCUT2D eigenvalue weighted by Crippen LogP contribution is -2.07. The summed E-state index contributed by atoms with van der Waals surface area (Å²) in [5, 5.41) is 11.1. The van der Waals surface area contributed by atoms with Gasteiger partial charge in [0.05, 0.1) is 30.3 Å². The number of aromatic nitrogens is 4. The van der Waals surface area contributed by atoms with E-state index in [1.807, 2.05) is 14.0 Å². The van der Waals surface area contributed by atoms with Crippen molar-refractivity contribution in [2.24, 2.45) is 7.05 Å². The minimum atomic E-state index is -2.39. The van der Waals surface area contributed by atoms with Crippen LogP contribution in [0.3, 0.4) is 0 Å². The molecule has 0 aliphatic rings. The molecule has 0 aliphatic heterocycles. The van der Waals surface area contributed by atoms with Crippen molar-refractivity contribution in [3.63, 3.8) is 0 Å². The molecule has 2 rings (SSSR count). The van der Waals surface area contributed by atoms with Gasteiger partial charge in [-0.3, -0.25) is 9.36 Å². The third-order valence-electron chi connectivity index (χ3n) is 2.69. The van der Waals surface area contributed by atoms with Crippen LogP contribution in [0.4, 0.5) is 14.5 Å². The number of hydrogen-bond acceptors (Lipinski definition) is 3. The molecule has 1 N–H and O–H groups in total. The van der Waals surface area contributed by atoms with Gasteiger partial charge < -0.3 is 5.32 Å². The number of nitrogens with one attached hydrogen (secondary N) is 1. The van der Waals surface area contributed by atoms with Crippen molar-refractivity contribution in [2.45, 2.75) is 26.4 Å². The Morgan fingerprint density at radius 2 is 2.11 bits per heavy atom. The monoisotopic (exact) mass is 255 g/mol. The van der Waals surface area contributed by atoms with E-state index >= 15 is 0 Å². The zero-order valence-electron chi connectivity index (χ0n) is 10.3. The molecule has 0 amide bonds. The fourth-order valence-electron chi connectivity index (χ4n) is 1.71. The summed E-state index contributed by atoms with van der Waals surface area (Å²) in [6.45, 7) is 2.18. The highest BCUT2D eigenvalue weighted by Gasteiger charge is 2.07. The van der Waals surface area contributed by atoms with Gasteiger partial charge in [-0.2, -0.15) is 10.2 Å². The van der Waals surface area contributed by atoms with Crippen molar-refractivity contribution < 1.29 is 8.78 Å². The van der Waals surface area contributed by atoms with Gasteiger partial charge in [0.25, 0.3) is 6.43 Å². The van der Waals surface area contributed by atoms with Crippen LogP contribution >= 0.6 is 0 Å². The Bertz CT molecular complexity index is 498. The maximum atomic E-state index is 12.2. The number of hydrogen-bond donors (Lipinski definition) is 1. The Balaban J connectivity index is 1.96. The second-order valence-electron chi connectivity index (χ2n) is 4.09. The largest absolute Gasteiger partial charge is 0.377 e. The number of rotatable bonds is 5. The first kappa shape index (κ1) is 12.5. The van der Waals surface area contributed by atoms with Gasteiger partial charge in [0.1, 0.15) is 6.54 Å². The van der Waals surface area contributed by atoms with Crippen LogP contribution in [0.25, 0.3) is 0 Å². The van der Waals surface area contributed by atoms with Crippen LogP contribution in [0.15, 0.2) is 18.6 Å². The van der Waals surface area contributed by atoms with Gasteiger partial charge in [-0.15, -0.1) is 0 Å². The summed E-state index contributed by atoms with van der Waals surface area (Å²) < 4.78 is 27.3. The molecule has 0 fully saturated rings. The number of alkyl halides is 2. The fraction of sp³-hybridized carbons (Fsp3) is 0.455. The summed E-state index contributed by atoms with van der Waals surface area (Å²) in [5.41, 5.74) is 2.86. The predicted molar refractivity (Wildman–Crippen MR) is 63.5 cm³/mol. The average Bonchev–Trinajstić information content (AvgIpc) is 2.84. The van der Waals surface area contributed by atoms with Crippen molar-refractivity contribution in [3.8, 4) is 0 Å². The number of anilines is 1. The van der Waals surface area contributed by atoms with E-state index in [1.165, 1.54) is 10.9 Å². The molecule has 5 nitrogen and oxygen atoms in total. The molecule has 2 heterocycles. The summed E-state index contributed by atoms with van der Waals surface area (Å²) >= 11 is 0. The minimum absolute atomic E-state index is 0.383. The van der Waals surface area contributed by atoms with Gasteiger partial charge in [-0.1, -0.05) is 0 Å². The van der Waals surface area contributed by atoms with Crippen molar-refractivity contribution >= 4 is 5.69 Å². The van der Waals surface area contributed by atoms with Crippen LogP contribution in [0.1, 0.15) is 11.3 Å². The van der Waals surface area contributed by atoms with E-state index in [0.717, 1.165) is 16.9 Å². The first-order chi connectivity index (χ1) is 8.56. The van der Waals surface area contributed by atoms with Crippen molar-refractivity contribution in [1.29, 1.82) is 0 Å². The number of nitrogens with zero attached hydrogens (tertiary/aromatic N) is 4. The summed E-state index contributed by atoms with van der Waals surface area (Å²) in [6, 6.07) is 0. The first-order valence-corrected chi connectivity index (χ1v) is 5.58. The number of aryl methyl sites for hydroxylation is 2. The smallest absolute Gasteiger partial charge is 0.257 e. The summed E-state index contributed by atoms with van der Waals surface area (Å²) in [5.74, 6) is 0. The van der Waals surface area contributed by atoms with Gasteiger partial charge in [-0.25, -0.2) is 8.78 Å². The van der Waals surface area contributed by atoms with Crippen molar-refractivity contribution in [3.05, 3.63) is 29.8 Å². The van der Waals surface area contributed by atoms with E-state index in [-0.39, 0.29) is 6.54 Å². The normalized spacial score (nSPS) is 11.2. The second-order valence-corrected chi connectivity index (χ2v) is 4.09. The van der Waals surface area contributed by atoms with E-state index in [0.29, 0.717) is 6.54 Å². The summed E-state index contributed by atoms with van der Waals surface area (Å²) in [6.07, 6.45) is 2.50. The topological polar surface area (TPSA) is 47.7 Å². The maximum Gasteiger partial charge on any atom is 0.257 e. The third-order valence-corrected chi connectivity index (χ3v) is 2.69. The molecule has 0 unspecified atom stereocenters. The Labute approximate surface area is 103 Å². The molecular weight excluding hydrogens is 240 g/mol. The van der Waals surface area contributed by atoms with Crippen LogP contribution in [0, 0.1) is 6.92 Å². The molecule has 7 heteroatoms.